The average Bonchev–Trinajstić information content (AvgIpc) is 2.94. The first-order valence-corrected chi connectivity index (χ1v) is 14.8. The van der Waals surface area contributed by atoms with Gasteiger partial charge in [0.05, 0.1) is 17.6 Å². The van der Waals surface area contributed by atoms with E-state index in [-0.39, 0.29) is 25.3 Å². The third-order valence-corrected chi connectivity index (χ3v) is 7.82. The molecule has 228 valence electrons. The van der Waals surface area contributed by atoms with E-state index in [2.05, 4.69) is 48.9 Å². The number of carbonyl (C=O) groups is 2. The molecule has 0 saturated heterocycles. The highest BCUT2D eigenvalue weighted by Gasteiger charge is 2.39. The van der Waals surface area contributed by atoms with E-state index in [4.69, 9.17) is 0 Å². The standard InChI is InChI=1S/C34H45F2N3O3/c1-6-7-11-34(33(42)37-5)18-23(4)12-27(19-34)32(41)39-30(16-25-14-28(35)17-29(36)15-25)31(40)21-38-20-24-9-8-10-26(13-24)22(2)3/h8-10,12-15,17-18,22,30-31,38,40H,6-7,11,16,19-21H2,1-5H3,(H,37,42)(H,39,41)/t30-,31+,34?/m0/s1. The monoisotopic (exact) mass is 581 g/mol. The highest BCUT2D eigenvalue weighted by Crippen LogP contribution is 2.39. The number of allylic oxidation sites excluding steroid dienone is 2. The molecule has 0 saturated carbocycles. The van der Waals surface area contributed by atoms with Gasteiger partial charge in [-0.1, -0.05) is 75.6 Å². The second-order valence-electron chi connectivity index (χ2n) is 11.7. The van der Waals surface area contributed by atoms with Crippen molar-refractivity contribution in [1.29, 1.82) is 0 Å². The molecule has 0 bridgehead atoms. The number of unbranched alkanes of at least 4 members (excludes halogenated alkanes) is 1. The van der Waals surface area contributed by atoms with Gasteiger partial charge in [-0.25, -0.2) is 8.78 Å². The number of hydrogen-bond donors (Lipinski definition) is 4. The van der Waals surface area contributed by atoms with Gasteiger partial charge in [0.15, 0.2) is 0 Å². The van der Waals surface area contributed by atoms with Crippen LogP contribution in [0.25, 0.3) is 0 Å². The minimum Gasteiger partial charge on any atom is -0.390 e. The molecule has 0 aliphatic heterocycles. The van der Waals surface area contributed by atoms with Gasteiger partial charge in [-0.15, -0.1) is 0 Å². The molecule has 42 heavy (non-hydrogen) atoms. The highest BCUT2D eigenvalue weighted by atomic mass is 19.1. The molecule has 0 spiro atoms. The van der Waals surface area contributed by atoms with Gasteiger partial charge in [-0.3, -0.25) is 9.59 Å². The quantitative estimate of drug-likeness (QED) is 0.238. The molecule has 0 heterocycles. The van der Waals surface area contributed by atoms with Crippen LogP contribution in [0.2, 0.25) is 0 Å². The summed E-state index contributed by atoms with van der Waals surface area (Å²) in [4.78, 5) is 26.6. The first-order chi connectivity index (χ1) is 20.0. The molecule has 2 aromatic rings. The van der Waals surface area contributed by atoms with Crippen molar-refractivity contribution in [2.45, 2.75) is 84.4 Å². The normalized spacial score (nSPS) is 18.2. The van der Waals surface area contributed by atoms with Crippen LogP contribution in [0.3, 0.4) is 0 Å². The van der Waals surface area contributed by atoms with Gasteiger partial charge in [0.2, 0.25) is 11.8 Å². The smallest absolute Gasteiger partial charge is 0.247 e. The molecule has 1 aliphatic carbocycles. The molecule has 1 aliphatic rings. The Morgan fingerprint density at radius 1 is 1.07 bits per heavy atom. The maximum absolute atomic E-state index is 14.0. The van der Waals surface area contributed by atoms with Crippen LogP contribution in [-0.2, 0) is 22.6 Å². The number of benzene rings is 2. The Bertz CT molecular complexity index is 1290. The maximum Gasteiger partial charge on any atom is 0.247 e. The van der Waals surface area contributed by atoms with Gasteiger partial charge in [0.1, 0.15) is 11.6 Å². The predicted molar refractivity (Wildman–Crippen MR) is 163 cm³/mol. The van der Waals surface area contributed by atoms with Gasteiger partial charge in [-0.2, -0.15) is 0 Å². The zero-order valence-corrected chi connectivity index (χ0v) is 25.4. The fourth-order valence-electron chi connectivity index (χ4n) is 5.60. The Kier molecular flexibility index (Phi) is 12.0. The summed E-state index contributed by atoms with van der Waals surface area (Å²) in [5.74, 6) is -1.63. The number of nitrogens with one attached hydrogen (secondary N) is 3. The summed E-state index contributed by atoms with van der Waals surface area (Å²) < 4.78 is 28.0. The lowest BCUT2D eigenvalue weighted by atomic mass is 9.72. The lowest BCUT2D eigenvalue weighted by Gasteiger charge is -2.34. The van der Waals surface area contributed by atoms with Crippen LogP contribution < -0.4 is 16.0 Å². The van der Waals surface area contributed by atoms with E-state index in [0.29, 0.717) is 30.0 Å². The molecule has 8 heteroatoms. The van der Waals surface area contributed by atoms with Crippen molar-refractivity contribution in [3.8, 4) is 0 Å². The zero-order chi connectivity index (χ0) is 30.9. The van der Waals surface area contributed by atoms with Gasteiger partial charge >= 0.3 is 0 Å². The second-order valence-corrected chi connectivity index (χ2v) is 11.7. The fraction of sp³-hybridized carbons (Fsp3) is 0.471. The van der Waals surface area contributed by atoms with E-state index in [1.54, 1.807) is 13.1 Å². The molecular formula is C34H45F2N3O3. The molecule has 4 N–H and O–H groups in total. The van der Waals surface area contributed by atoms with Crippen LogP contribution in [-0.4, -0.2) is 42.7 Å². The van der Waals surface area contributed by atoms with Crippen molar-refractivity contribution < 1.29 is 23.5 Å². The Hall–Kier alpha value is -3.36. The third-order valence-electron chi connectivity index (χ3n) is 7.82. The fourth-order valence-corrected chi connectivity index (χ4v) is 5.60. The summed E-state index contributed by atoms with van der Waals surface area (Å²) >= 11 is 0. The number of rotatable bonds is 14. The molecule has 6 nitrogen and oxygen atoms in total. The Morgan fingerprint density at radius 2 is 1.79 bits per heavy atom. The summed E-state index contributed by atoms with van der Waals surface area (Å²) in [6.45, 7) is 8.81. The molecule has 3 rings (SSSR count). The van der Waals surface area contributed by atoms with E-state index in [1.807, 2.05) is 25.1 Å². The molecule has 0 radical (unpaired) electrons. The Morgan fingerprint density at radius 3 is 2.43 bits per heavy atom. The van der Waals surface area contributed by atoms with E-state index >= 15 is 0 Å². The minimum absolute atomic E-state index is 0.0185. The lowest BCUT2D eigenvalue weighted by Crippen LogP contribution is -2.50. The molecule has 2 amide bonds. The number of halogens is 2. The Labute approximate surface area is 248 Å². The van der Waals surface area contributed by atoms with E-state index < -0.39 is 35.1 Å². The molecule has 1 unspecified atom stereocenters. The van der Waals surface area contributed by atoms with Crippen LogP contribution in [0.4, 0.5) is 8.78 Å². The summed E-state index contributed by atoms with van der Waals surface area (Å²) in [5.41, 5.74) is 2.98. The number of hydrogen-bond acceptors (Lipinski definition) is 4. The lowest BCUT2D eigenvalue weighted by molar-refractivity contribution is -0.128. The van der Waals surface area contributed by atoms with Gasteiger partial charge in [0.25, 0.3) is 0 Å². The van der Waals surface area contributed by atoms with Crippen LogP contribution >= 0.6 is 0 Å². The van der Waals surface area contributed by atoms with Crippen molar-refractivity contribution in [3.63, 3.8) is 0 Å². The SMILES string of the molecule is CCCCC1(C(=O)NC)C=C(C)C=C(C(=O)N[C@@H](Cc2cc(F)cc(F)c2)[C@H](O)CNCc2cccc(C(C)C)c2)C1. The Balaban J connectivity index is 1.79. The predicted octanol–water partition coefficient (Wildman–Crippen LogP) is 5.47. The number of aliphatic hydroxyl groups is 1. The van der Waals surface area contributed by atoms with Gasteiger partial charge in [-0.05, 0) is 60.9 Å². The average molecular weight is 582 g/mol. The largest absolute Gasteiger partial charge is 0.390 e. The van der Waals surface area contributed by atoms with Crippen molar-refractivity contribution >= 4 is 11.8 Å². The second kappa shape index (κ2) is 15.2. The maximum atomic E-state index is 14.0. The van der Waals surface area contributed by atoms with E-state index in [0.717, 1.165) is 30.0 Å². The topological polar surface area (TPSA) is 90.5 Å². The van der Waals surface area contributed by atoms with Crippen LogP contribution in [0.5, 0.6) is 0 Å². The third kappa shape index (κ3) is 9.07. The van der Waals surface area contributed by atoms with Gasteiger partial charge in [0, 0.05) is 31.8 Å². The van der Waals surface area contributed by atoms with Crippen LogP contribution in [0.15, 0.2) is 65.8 Å². The van der Waals surface area contributed by atoms with Crippen molar-refractivity contribution in [2.75, 3.05) is 13.6 Å². The first-order valence-electron chi connectivity index (χ1n) is 14.8. The number of carbonyl (C=O) groups excluding carboxylic acids is 2. The van der Waals surface area contributed by atoms with Crippen molar-refractivity contribution in [2.24, 2.45) is 5.41 Å². The van der Waals surface area contributed by atoms with E-state index in [9.17, 15) is 23.5 Å². The molecule has 2 aromatic carbocycles. The van der Waals surface area contributed by atoms with Crippen LogP contribution in [0, 0.1) is 17.0 Å². The summed E-state index contributed by atoms with van der Waals surface area (Å²) in [7, 11) is 1.59. The van der Waals surface area contributed by atoms with E-state index in [1.165, 1.54) is 17.7 Å². The molecule has 0 fully saturated rings. The summed E-state index contributed by atoms with van der Waals surface area (Å²) in [6, 6.07) is 10.5. The van der Waals surface area contributed by atoms with Crippen LogP contribution in [0.1, 0.15) is 76.0 Å². The van der Waals surface area contributed by atoms with Crippen molar-refractivity contribution in [1.82, 2.24) is 16.0 Å². The van der Waals surface area contributed by atoms with Crippen molar-refractivity contribution in [3.05, 3.63) is 94.1 Å². The summed E-state index contributed by atoms with van der Waals surface area (Å²) in [6.07, 6.45) is 5.20. The summed E-state index contributed by atoms with van der Waals surface area (Å²) in [5, 5.41) is 20.1. The number of amides is 2. The first kappa shape index (κ1) is 33.1. The molecule has 0 aromatic heterocycles. The van der Waals surface area contributed by atoms with Gasteiger partial charge < -0.3 is 21.1 Å². The zero-order valence-electron chi connectivity index (χ0n) is 25.4. The molecule has 3 atom stereocenters. The molecular weight excluding hydrogens is 536 g/mol. The number of aliphatic hydroxyl groups excluding tert-OH is 1. The highest BCUT2D eigenvalue weighted by molar-refractivity contribution is 5.97. The minimum atomic E-state index is -1.06.